The van der Waals surface area contributed by atoms with Gasteiger partial charge in [-0.15, -0.1) is 11.6 Å². The average Bonchev–Trinajstić information content (AvgIpc) is 2.72. The van der Waals surface area contributed by atoms with Gasteiger partial charge in [-0.05, 0) is 32.4 Å². The number of nitrogens with one attached hydrogen (secondary N) is 1. The van der Waals surface area contributed by atoms with Gasteiger partial charge in [0.25, 0.3) is 0 Å². The quantitative estimate of drug-likeness (QED) is 0.834. The minimum atomic E-state index is 0.0378. The van der Waals surface area contributed by atoms with Gasteiger partial charge in [-0.2, -0.15) is 0 Å². The van der Waals surface area contributed by atoms with Crippen LogP contribution in [0.2, 0.25) is 0 Å². The number of alkyl halides is 1. The molecule has 0 aliphatic heterocycles. The molecule has 114 valence electrons. The Labute approximate surface area is 129 Å². The Bertz CT molecular complexity index is 636. The Morgan fingerprint density at radius 3 is 2.90 bits per heavy atom. The molecule has 2 heterocycles. The second kappa shape index (κ2) is 6.89. The van der Waals surface area contributed by atoms with Crippen molar-refractivity contribution in [2.75, 3.05) is 5.88 Å². The minimum Gasteiger partial charge on any atom is -0.354 e. The SMILES string of the molecule is Cc1cnc2c(c1)nc(CCCl)n2CCC(=O)NC(C)C. The van der Waals surface area contributed by atoms with Crippen LogP contribution in [-0.4, -0.2) is 32.4 Å². The topological polar surface area (TPSA) is 59.8 Å². The van der Waals surface area contributed by atoms with Crippen LogP contribution in [-0.2, 0) is 17.8 Å². The fraction of sp³-hybridized carbons (Fsp3) is 0.533. The van der Waals surface area contributed by atoms with E-state index in [2.05, 4.69) is 15.3 Å². The number of amides is 1. The van der Waals surface area contributed by atoms with E-state index in [4.69, 9.17) is 11.6 Å². The summed E-state index contributed by atoms with van der Waals surface area (Å²) >= 11 is 5.85. The van der Waals surface area contributed by atoms with Crippen LogP contribution < -0.4 is 5.32 Å². The van der Waals surface area contributed by atoms with Crippen molar-refractivity contribution in [3.8, 4) is 0 Å². The molecule has 0 saturated heterocycles. The van der Waals surface area contributed by atoms with E-state index in [-0.39, 0.29) is 11.9 Å². The summed E-state index contributed by atoms with van der Waals surface area (Å²) < 4.78 is 2.00. The Kier molecular flexibility index (Phi) is 5.17. The van der Waals surface area contributed by atoms with E-state index >= 15 is 0 Å². The van der Waals surface area contributed by atoms with E-state index < -0.39 is 0 Å². The molecule has 2 rings (SSSR count). The third kappa shape index (κ3) is 3.94. The molecule has 5 nitrogen and oxygen atoms in total. The molecule has 0 unspecified atom stereocenters. The lowest BCUT2D eigenvalue weighted by Gasteiger charge is -2.10. The minimum absolute atomic E-state index is 0.0378. The van der Waals surface area contributed by atoms with Gasteiger partial charge < -0.3 is 9.88 Å². The summed E-state index contributed by atoms with van der Waals surface area (Å²) in [4.78, 5) is 20.9. The first-order valence-electron chi connectivity index (χ1n) is 7.18. The number of pyridine rings is 1. The van der Waals surface area contributed by atoms with E-state index in [1.54, 1.807) is 0 Å². The van der Waals surface area contributed by atoms with Crippen molar-refractivity contribution in [3.63, 3.8) is 0 Å². The third-order valence-electron chi connectivity index (χ3n) is 3.13. The Morgan fingerprint density at radius 1 is 1.48 bits per heavy atom. The average molecular weight is 309 g/mol. The molecule has 21 heavy (non-hydrogen) atoms. The van der Waals surface area contributed by atoms with Gasteiger partial charge in [-0.1, -0.05) is 0 Å². The van der Waals surface area contributed by atoms with E-state index in [1.165, 1.54) is 0 Å². The molecule has 0 atom stereocenters. The Morgan fingerprint density at radius 2 is 2.24 bits per heavy atom. The number of hydrogen-bond acceptors (Lipinski definition) is 3. The maximum absolute atomic E-state index is 11.8. The summed E-state index contributed by atoms with van der Waals surface area (Å²) in [5.41, 5.74) is 2.75. The van der Waals surface area contributed by atoms with Gasteiger partial charge in [0, 0.05) is 37.5 Å². The molecule has 0 aliphatic rings. The highest BCUT2D eigenvalue weighted by Crippen LogP contribution is 2.16. The summed E-state index contributed by atoms with van der Waals surface area (Å²) in [5.74, 6) is 1.42. The number of carbonyl (C=O) groups is 1. The van der Waals surface area contributed by atoms with Crippen LogP contribution in [0.4, 0.5) is 0 Å². The van der Waals surface area contributed by atoms with Crippen molar-refractivity contribution < 1.29 is 4.79 Å². The summed E-state index contributed by atoms with van der Waals surface area (Å²) in [6.07, 6.45) is 2.90. The zero-order valence-electron chi connectivity index (χ0n) is 12.7. The first-order chi connectivity index (χ1) is 10.0. The molecule has 1 N–H and O–H groups in total. The maximum atomic E-state index is 11.8. The molecule has 2 aromatic rings. The van der Waals surface area contributed by atoms with Crippen LogP contribution in [0.5, 0.6) is 0 Å². The molecule has 0 aromatic carbocycles. The maximum Gasteiger partial charge on any atom is 0.221 e. The Hall–Kier alpha value is -1.62. The molecule has 0 bridgehead atoms. The number of imidazole rings is 1. The number of halogens is 1. The smallest absolute Gasteiger partial charge is 0.221 e. The normalized spacial score (nSPS) is 11.3. The van der Waals surface area contributed by atoms with Crippen molar-refractivity contribution in [1.82, 2.24) is 19.9 Å². The molecular weight excluding hydrogens is 288 g/mol. The van der Waals surface area contributed by atoms with Crippen molar-refractivity contribution >= 4 is 28.7 Å². The van der Waals surface area contributed by atoms with E-state index in [0.29, 0.717) is 25.3 Å². The molecule has 0 aliphatic carbocycles. The fourth-order valence-corrected chi connectivity index (χ4v) is 2.45. The standard InChI is InChI=1S/C15H21ClN4O/c1-10(2)18-14(21)5-7-20-13(4-6-16)19-12-8-11(3)9-17-15(12)20/h8-10H,4-7H2,1-3H3,(H,18,21). The van der Waals surface area contributed by atoms with Gasteiger partial charge in [0.05, 0.1) is 0 Å². The third-order valence-corrected chi connectivity index (χ3v) is 3.32. The van der Waals surface area contributed by atoms with Crippen LogP contribution in [0.25, 0.3) is 11.2 Å². The predicted octanol–water partition coefficient (Wildman–Crippen LogP) is 2.44. The van der Waals surface area contributed by atoms with Crippen molar-refractivity contribution in [3.05, 3.63) is 23.7 Å². The number of fused-ring (bicyclic) bond motifs is 1. The summed E-state index contributed by atoms with van der Waals surface area (Å²) in [6.45, 7) is 6.46. The van der Waals surface area contributed by atoms with Gasteiger partial charge in [0.2, 0.25) is 5.91 Å². The summed E-state index contributed by atoms with van der Waals surface area (Å²) in [5, 5.41) is 2.89. The van der Waals surface area contributed by atoms with Gasteiger partial charge in [-0.3, -0.25) is 4.79 Å². The number of nitrogens with zero attached hydrogens (tertiary/aromatic N) is 3. The van der Waals surface area contributed by atoms with Gasteiger partial charge >= 0.3 is 0 Å². The van der Waals surface area contributed by atoms with Crippen LogP contribution in [0, 0.1) is 6.92 Å². The second-order valence-corrected chi connectivity index (χ2v) is 5.82. The van der Waals surface area contributed by atoms with E-state index in [9.17, 15) is 4.79 Å². The summed E-state index contributed by atoms with van der Waals surface area (Å²) in [6, 6.07) is 2.16. The Balaban J connectivity index is 2.23. The van der Waals surface area contributed by atoms with Gasteiger partial charge in [-0.25, -0.2) is 9.97 Å². The van der Waals surface area contributed by atoms with Gasteiger partial charge in [0.1, 0.15) is 11.3 Å². The number of carbonyl (C=O) groups excluding carboxylic acids is 1. The predicted molar refractivity (Wildman–Crippen MR) is 84.6 cm³/mol. The first kappa shape index (κ1) is 15.8. The molecule has 1 amide bonds. The van der Waals surface area contributed by atoms with E-state index in [1.807, 2.05) is 37.6 Å². The lowest BCUT2D eigenvalue weighted by Crippen LogP contribution is -2.30. The number of rotatable bonds is 6. The number of aryl methyl sites for hydroxylation is 3. The highest BCUT2D eigenvalue weighted by molar-refractivity contribution is 6.17. The molecule has 2 aromatic heterocycles. The number of hydrogen-bond donors (Lipinski definition) is 1. The van der Waals surface area contributed by atoms with Crippen LogP contribution >= 0.6 is 11.6 Å². The van der Waals surface area contributed by atoms with Crippen LogP contribution in [0.3, 0.4) is 0 Å². The molecular formula is C15H21ClN4O. The lowest BCUT2D eigenvalue weighted by molar-refractivity contribution is -0.121. The fourth-order valence-electron chi connectivity index (χ4n) is 2.28. The monoisotopic (exact) mass is 308 g/mol. The molecule has 0 spiro atoms. The van der Waals surface area contributed by atoms with E-state index in [0.717, 1.165) is 22.6 Å². The van der Waals surface area contributed by atoms with Crippen LogP contribution in [0.1, 0.15) is 31.7 Å². The zero-order chi connectivity index (χ0) is 15.4. The highest BCUT2D eigenvalue weighted by Gasteiger charge is 2.13. The molecule has 0 radical (unpaired) electrons. The highest BCUT2D eigenvalue weighted by atomic mass is 35.5. The molecule has 0 saturated carbocycles. The summed E-state index contributed by atoms with van der Waals surface area (Å²) in [7, 11) is 0. The lowest BCUT2D eigenvalue weighted by atomic mass is 10.3. The van der Waals surface area contributed by atoms with Crippen molar-refractivity contribution in [2.24, 2.45) is 0 Å². The van der Waals surface area contributed by atoms with Crippen molar-refractivity contribution in [1.29, 1.82) is 0 Å². The molecule has 0 fully saturated rings. The number of aromatic nitrogens is 3. The largest absolute Gasteiger partial charge is 0.354 e. The zero-order valence-corrected chi connectivity index (χ0v) is 13.4. The van der Waals surface area contributed by atoms with Crippen molar-refractivity contribution in [2.45, 2.75) is 46.2 Å². The first-order valence-corrected chi connectivity index (χ1v) is 7.71. The van der Waals surface area contributed by atoms with Gasteiger partial charge in [0.15, 0.2) is 5.65 Å². The van der Waals surface area contributed by atoms with Crippen LogP contribution in [0.15, 0.2) is 12.3 Å². The molecule has 6 heteroatoms. The second-order valence-electron chi connectivity index (χ2n) is 5.45.